The van der Waals surface area contributed by atoms with Crippen LogP contribution in [0.15, 0.2) is 59.6 Å². The van der Waals surface area contributed by atoms with Gasteiger partial charge in [-0.25, -0.2) is 0 Å². The molecule has 2 heterocycles. The van der Waals surface area contributed by atoms with E-state index in [0.717, 1.165) is 28.4 Å². The molecule has 2 atom stereocenters. The molecule has 1 aliphatic heterocycles. The number of aromatic nitrogens is 1. The lowest BCUT2D eigenvalue weighted by Crippen LogP contribution is -2.41. The molecule has 0 bridgehead atoms. The fraction of sp³-hybridized carbons (Fsp3) is 0.227. The fourth-order valence-corrected chi connectivity index (χ4v) is 4.93. The number of aryl methyl sites for hydroxylation is 1. The zero-order chi connectivity index (χ0) is 23.0. The predicted molar refractivity (Wildman–Crippen MR) is 119 cm³/mol. The highest BCUT2D eigenvalue weighted by Crippen LogP contribution is 2.40. The molecule has 1 aromatic heterocycles. The van der Waals surface area contributed by atoms with Crippen molar-refractivity contribution in [2.45, 2.75) is 29.4 Å². The van der Waals surface area contributed by atoms with E-state index in [2.05, 4.69) is 10.7 Å². The average Bonchev–Trinajstić information content (AvgIpc) is 3.13. The summed E-state index contributed by atoms with van der Waals surface area (Å²) in [5.41, 5.74) is 4.19. The third-order valence-electron chi connectivity index (χ3n) is 5.13. The average molecular weight is 482 g/mol. The first-order chi connectivity index (χ1) is 15.2. The Morgan fingerprint density at radius 3 is 2.53 bits per heavy atom. The molecule has 0 saturated heterocycles. The molecular formula is C22H19ClF3N3O2S. The van der Waals surface area contributed by atoms with E-state index in [-0.39, 0.29) is 5.69 Å². The van der Waals surface area contributed by atoms with Gasteiger partial charge in [0, 0.05) is 11.4 Å². The lowest BCUT2D eigenvalue weighted by Gasteiger charge is -2.34. The summed E-state index contributed by atoms with van der Waals surface area (Å²) in [5, 5.41) is 2.39. The lowest BCUT2D eigenvalue weighted by molar-refractivity contribution is -0.137. The number of nitrogens with one attached hydrogen (secondary N) is 2. The van der Waals surface area contributed by atoms with Gasteiger partial charge in [0.05, 0.1) is 28.8 Å². The third kappa shape index (κ3) is 4.40. The summed E-state index contributed by atoms with van der Waals surface area (Å²) in [6, 6.07) is 14.0. The molecule has 168 valence electrons. The second-order valence-electron chi connectivity index (χ2n) is 7.25. The SMILES string of the molecule is COc1ccc(C2Nn3c(C)ccc3SC2C(=O)Nc2ccc(Cl)c(C(F)(F)F)c2)cc1. The van der Waals surface area contributed by atoms with Crippen LogP contribution >= 0.6 is 23.4 Å². The van der Waals surface area contributed by atoms with Crippen molar-refractivity contribution in [3.63, 3.8) is 0 Å². The maximum absolute atomic E-state index is 13.2. The van der Waals surface area contributed by atoms with Crippen LogP contribution in [0.25, 0.3) is 0 Å². The van der Waals surface area contributed by atoms with Gasteiger partial charge in [-0.3, -0.25) is 9.47 Å². The van der Waals surface area contributed by atoms with E-state index in [0.29, 0.717) is 5.75 Å². The first-order valence-electron chi connectivity index (χ1n) is 9.60. The minimum atomic E-state index is -4.62. The predicted octanol–water partition coefficient (Wildman–Crippen LogP) is 5.88. The van der Waals surface area contributed by atoms with Crippen molar-refractivity contribution < 1.29 is 22.7 Å². The summed E-state index contributed by atoms with van der Waals surface area (Å²) in [6.45, 7) is 1.94. The van der Waals surface area contributed by atoms with Crippen LogP contribution in [0, 0.1) is 6.92 Å². The number of alkyl halides is 3. The first kappa shape index (κ1) is 22.4. The number of amides is 1. The Hall–Kier alpha value is -2.78. The molecule has 0 fully saturated rings. The van der Waals surface area contributed by atoms with Gasteiger partial charge in [-0.1, -0.05) is 35.5 Å². The van der Waals surface area contributed by atoms with Crippen LogP contribution in [-0.2, 0) is 11.0 Å². The van der Waals surface area contributed by atoms with Crippen molar-refractivity contribution in [1.82, 2.24) is 4.68 Å². The summed E-state index contributed by atoms with van der Waals surface area (Å²) < 4.78 is 46.7. The van der Waals surface area contributed by atoms with Gasteiger partial charge in [0.15, 0.2) is 0 Å². The fourth-order valence-electron chi connectivity index (χ4n) is 3.48. The summed E-state index contributed by atoms with van der Waals surface area (Å²) in [4.78, 5) is 13.2. The van der Waals surface area contributed by atoms with Crippen LogP contribution in [0.4, 0.5) is 18.9 Å². The van der Waals surface area contributed by atoms with E-state index in [9.17, 15) is 18.0 Å². The van der Waals surface area contributed by atoms with Gasteiger partial charge in [-0.05, 0) is 55.0 Å². The maximum atomic E-state index is 13.2. The number of halogens is 4. The molecule has 0 saturated carbocycles. The van der Waals surface area contributed by atoms with Gasteiger partial charge < -0.3 is 15.5 Å². The van der Waals surface area contributed by atoms with Gasteiger partial charge in [0.1, 0.15) is 11.0 Å². The molecule has 4 rings (SSSR count). The topological polar surface area (TPSA) is 55.3 Å². The van der Waals surface area contributed by atoms with E-state index in [4.69, 9.17) is 16.3 Å². The number of carbonyl (C=O) groups excluding carboxylic acids is 1. The van der Waals surface area contributed by atoms with E-state index < -0.39 is 34.0 Å². The lowest BCUT2D eigenvalue weighted by atomic mass is 10.0. The first-order valence-corrected chi connectivity index (χ1v) is 10.9. The Kier molecular flexibility index (Phi) is 6.05. The van der Waals surface area contributed by atoms with Crippen molar-refractivity contribution in [2.24, 2.45) is 0 Å². The van der Waals surface area contributed by atoms with Crippen LogP contribution in [0.2, 0.25) is 5.02 Å². The molecule has 32 heavy (non-hydrogen) atoms. The Morgan fingerprint density at radius 1 is 1.16 bits per heavy atom. The molecule has 2 unspecified atom stereocenters. The number of ether oxygens (including phenoxy) is 1. The molecule has 0 aliphatic carbocycles. The number of nitrogens with zero attached hydrogens (tertiary/aromatic N) is 1. The minimum absolute atomic E-state index is 0.0259. The van der Waals surface area contributed by atoms with Crippen LogP contribution in [0.5, 0.6) is 5.75 Å². The number of anilines is 1. The highest BCUT2D eigenvalue weighted by molar-refractivity contribution is 8.00. The Morgan fingerprint density at radius 2 is 1.88 bits per heavy atom. The number of thioether (sulfide) groups is 1. The van der Waals surface area contributed by atoms with Crippen LogP contribution in [0.1, 0.15) is 22.9 Å². The van der Waals surface area contributed by atoms with Crippen molar-refractivity contribution in [2.75, 3.05) is 17.9 Å². The highest BCUT2D eigenvalue weighted by Gasteiger charge is 2.37. The van der Waals surface area contributed by atoms with Gasteiger partial charge in [-0.2, -0.15) is 13.2 Å². The minimum Gasteiger partial charge on any atom is -0.497 e. The molecule has 3 aromatic rings. The van der Waals surface area contributed by atoms with E-state index in [1.165, 1.54) is 17.8 Å². The summed E-state index contributed by atoms with van der Waals surface area (Å²) >= 11 is 7.03. The number of fused-ring (bicyclic) bond motifs is 1. The smallest absolute Gasteiger partial charge is 0.417 e. The zero-order valence-electron chi connectivity index (χ0n) is 17.0. The number of hydrogen-bond acceptors (Lipinski definition) is 4. The van der Waals surface area contributed by atoms with Crippen molar-refractivity contribution >= 4 is 35.0 Å². The monoisotopic (exact) mass is 481 g/mol. The summed E-state index contributed by atoms with van der Waals surface area (Å²) in [6.07, 6.45) is -4.62. The van der Waals surface area contributed by atoms with Crippen molar-refractivity contribution in [3.8, 4) is 5.75 Å². The molecule has 5 nitrogen and oxygen atoms in total. The summed E-state index contributed by atoms with van der Waals surface area (Å²) in [5.74, 6) is 0.251. The van der Waals surface area contributed by atoms with Crippen molar-refractivity contribution in [3.05, 3.63) is 76.4 Å². The molecule has 2 N–H and O–H groups in total. The number of benzene rings is 2. The van der Waals surface area contributed by atoms with Gasteiger partial charge in [0.2, 0.25) is 5.91 Å². The molecular weight excluding hydrogens is 463 g/mol. The van der Waals surface area contributed by atoms with Crippen LogP contribution in [-0.4, -0.2) is 22.9 Å². The Labute approximate surface area is 191 Å². The molecule has 1 aliphatic rings. The third-order valence-corrected chi connectivity index (χ3v) is 6.76. The van der Waals surface area contributed by atoms with Gasteiger partial charge >= 0.3 is 6.18 Å². The second-order valence-corrected chi connectivity index (χ2v) is 8.82. The van der Waals surface area contributed by atoms with Crippen LogP contribution in [0.3, 0.4) is 0 Å². The number of methoxy groups -OCH3 is 1. The molecule has 0 radical (unpaired) electrons. The summed E-state index contributed by atoms with van der Waals surface area (Å²) in [7, 11) is 1.57. The quantitative estimate of drug-likeness (QED) is 0.489. The largest absolute Gasteiger partial charge is 0.497 e. The number of carbonyl (C=O) groups is 1. The molecule has 2 aromatic carbocycles. The van der Waals surface area contributed by atoms with Gasteiger partial charge in [0.25, 0.3) is 0 Å². The molecule has 0 spiro atoms. The zero-order valence-corrected chi connectivity index (χ0v) is 18.6. The van der Waals surface area contributed by atoms with Crippen LogP contribution < -0.4 is 15.5 Å². The molecule has 10 heteroatoms. The maximum Gasteiger partial charge on any atom is 0.417 e. The normalized spacial score (nSPS) is 17.9. The number of rotatable bonds is 4. The molecule has 1 amide bonds. The Balaban J connectivity index is 1.65. The second kappa shape index (κ2) is 8.63. The van der Waals surface area contributed by atoms with E-state index in [1.807, 2.05) is 35.9 Å². The highest BCUT2D eigenvalue weighted by atomic mass is 35.5. The Bertz CT molecular complexity index is 1150. The van der Waals surface area contributed by atoms with E-state index in [1.54, 1.807) is 19.2 Å². The van der Waals surface area contributed by atoms with E-state index >= 15 is 0 Å². The van der Waals surface area contributed by atoms with Gasteiger partial charge in [-0.15, -0.1) is 0 Å². The number of hydrogen-bond donors (Lipinski definition) is 2. The van der Waals surface area contributed by atoms with Crippen molar-refractivity contribution in [1.29, 1.82) is 0 Å². The standard InChI is InChI=1S/C22H19ClF3N3O2S/c1-12-3-10-18-29(12)28-19(13-4-7-15(31-2)8-5-13)20(32-18)21(30)27-14-6-9-17(23)16(11-14)22(24,25)26/h3-11,19-20,28H,1-2H3,(H,27,30).